The lowest BCUT2D eigenvalue weighted by Crippen LogP contribution is -2.38. The largest absolute Gasteiger partial charge is 0.353 e. The Labute approximate surface area is 142 Å². The van der Waals surface area contributed by atoms with Gasteiger partial charge in [0.05, 0.1) is 10.5 Å². The standard InChI is InChI=1S/C16H16N4O3S/c1-19-6-5-11-12(8-19)24-16-13(11)15(21)17-14(18-16)9-3-2-4-10(7-9)20(22)23/h2-4,7,14,18H,5-6,8H2,1H3,(H,17,21). The van der Waals surface area contributed by atoms with Gasteiger partial charge in [-0.05, 0) is 19.0 Å². The maximum Gasteiger partial charge on any atom is 0.269 e. The number of thiophene rings is 1. The Morgan fingerprint density at radius 2 is 2.21 bits per heavy atom. The molecule has 0 fully saturated rings. The Kier molecular flexibility index (Phi) is 3.50. The molecule has 8 heteroatoms. The molecule has 1 amide bonds. The fourth-order valence-corrected chi connectivity index (χ4v) is 4.58. The van der Waals surface area contributed by atoms with E-state index in [9.17, 15) is 14.9 Å². The molecule has 0 radical (unpaired) electrons. The first-order valence-electron chi connectivity index (χ1n) is 7.68. The van der Waals surface area contributed by atoms with Gasteiger partial charge in [-0.1, -0.05) is 12.1 Å². The Morgan fingerprint density at radius 3 is 3.00 bits per heavy atom. The van der Waals surface area contributed by atoms with Crippen molar-refractivity contribution in [2.45, 2.75) is 19.1 Å². The van der Waals surface area contributed by atoms with Gasteiger partial charge in [0.15, 0.2) is 0 Å². The minimum absolute atomic E-state index is 0.0152. The number of anilines is 1. The summed E-state index contributed by atoms with van der Waals surface area (Å²) in [6, 6.07) is 6.34. The quantitative estimate of drug-likeness (QED) is 0.646. The van der Waals surface area contributed by atoms with Crippen molar-refractivity contribution in [2.75, 3.05) is 18.9 Å². The molecular formula is C16H16N4O3S. The number of carbonyl (C=O) groups is 1. The van der Waals surface area contributed by atoms with Crippen molar-refractivity contribution in [2.24, 2.45) is 0 Å². The van der Waals surface area contributed by atoms with Gasteiger partial charge in [0.2, 0.25) is 0 Å². The van der Waals surface area contributed by atoms with Gasteiger partial charge in [-0.2, -0.15) is 0 Å². The number of benzene rings is 1. The van der Waals surface area contributed by atoms with Gasteiger partial charge in [0.1, 0.15) is 11.2 Å². The van der Waals surface area contributed by atoms with E-state index in [0.717, 1.165) is 35.6 Å². The average Bonchev–Trinajstić information content (AvgIpc) is 2.92. The number of nitrogens with one attached hydrogen (secondary N) is 2. The lowest BCUT2D eigenvalue weighted by Gasteiger charge is -2.27. The Balaban J connectivity index is 1.68. The lowest BCUT2D eigenvalue weighted by atomic mass is 10.0. The number of likely N-dealkylation sites (N-methyl/N-ethyl adjacent to an activating group) is 1. The predicted molar refractivity (Wildman–Crippen MR) is 91.3 cm³/mol. The van der Waals surface area contributed by atoms with Crippen LogP contribution in [0.15, 0.2) is 24.3 Å². The topological polar surface area (TPSA) is 87.5 Å². The predicted octanol–water partition coefficient (Wildman–Crippen LogP) is 2.50. The van der Waals surface area contributed by atoms with E-state index in [0.29, 0.717) is 5.56 Å². The number of nitrogens with zero attached hydrogens (tertiary/aromatic N) is 2. The molecule has 2 aliphatic heterocycles. The van der Waals surface area contributed by atoms with E-state index >= 15 is 0 Å². The zero-order chi connectivity index (χ0) is 16.8. The second-order valence-electron chi connectivity index (χ2n) is 6.10. The van der Waals surface area contributed by atoms with Crippen molar-refractivity contribution in [3.8, 4) is 0 Å². The summed E-state index contributed by atoms with van der Waals surface area (Å²) < 4.78 is 0. The van der Waals surface area contributed by atoms with E-state index in [1.807, 2.05) is 0 Å². The molecule has 4 rings (SSSR count). The minimum atomic E-state index is -0.456. The van der Waals surface area contributed by atoms with Gasteiger partial charge in [0.25, 0.3) is 11.6 Å². The van der Waals surface area contributed by atoms with E-state index < -0.39 is 11.1 Å². The van der Waals surface area contributed by atoms with Crippen molar-refractivity contribution in [1.82, 2.24) is 10.2 Å². The summed E-state index contributed by atoms with van der Waals surface area (Å²) in [5.41, 5.74) is 2.56. The molecular weight excluding hydrogens is 328 g/mol. The number of nitro benzene ring substituents is 1. The Bertz CT molecular complexity index is 848. The van der Waals surface area contributed by atoms with Crippen LogP contribution in [0.4, 0.5) is 10.7 Å². The third kappa shape index (κ3) is 2.44. The molecule has 0 bridgehead atoms. The highest BCUT2D eigenvalue weighted by Crippen LogP contribution is 2.40. The minimum Gasteiger partial charge on any atom is -0.353 e. The van der Waals surface area contributed by atoms with Crippen LogP contribution in [0.1, 0.15) is 32.5 Å². The first-order valence-corrected chi connectivity index (χ1v) is 8.49. The van der Waals surface area contributed by atoms with Crippen LogP contribution in [-0.4, -0.2) is 29.3 Å². The zero-order valence-corrected chi connectivity index (χ0v) is 13.9. The molecule has 1 aromatic heterocycles. The zero-order valence-electron chi connectivity index (χ0n) is 13.0. The van der Waals surface area contributed by atoms with Crippen LogP contribution in [0.25, 0.3) is 0 Å². The molecule has 2 aliphatic rings. The highest BCUT2D eigenvalue weighted by Gasteiger charge is 2.33. The van der Waals surface area contributed by atoms with Crippen LogP contribution in [-0.2, 0) is 13.0 Å². The monoisotopic (exact) mass is 344 g/mol. The number of hydrogen-bond acceptors (Lipinski definition) is 6. The maximum absolute atomic E-state index is 12.6. The van der Waals surface area contributed by atoms with Crippen molar-refractivity contribution < 1.29 is 9.72 Å². The number of fused-ring (bicyclic) bond motifs is 3. The summed E-state index contributed by atoms with van der Waals surface area (Å²) in [7, 11) is 2.07. The van der Waals surface area contributed by atoms with Gasteiger partial charge in [-0.15, -0.1) is 11.3 Å². The molecule has 0 saturated carbocycles. The third-order valence-electron chi connectivity index (χ3n) is 4.44. The van der Waals surface area contributed by atoms with Crippen LogP contribution in [0, 0.1) is 10.1 Å². The highest BCUT2D eigenvalue weighted by atomic mass is 32.1. The molecule has 1 atom stereocenters. The smallest absolute Gasteiger partial charge is 0.269 e. The van der Waals surface area contributed by atoms with Crippen LogP contribution in [0.3, 0.4) is 0 Å². The molecule has 1 unspecified atom stereocenters. The van der Waals surface area contributed by atoms with E-state index in [2.05, 4.69) is 22.6 Å². The van der Waals surface area contributed by atoms with E-state index in [-0.39, 0.29) is 11.6 Å². The first-order chi connectivity index (χ1) is 11.5. The number of hydrogen-bond donors (Lipinski definition) is 2. The first kappa shape index (κ1) is 15.1. The molecule has 0 spiro atoms. The fourth-order valence-electron chi connectivity index (χ4n) is 3.23. The third-order valence-corrected chi connectivity index (χ3v) is 5.59. The van der Waals surface area contributed by atoms with Gasteiger partial charge in [-0.3, -0.25) is 14.9 Å². The number of amides is 1. The van der Waals surface area contributed by atoms with Gasteiger partial charge < -0.3 is 15.5 Å². The average molecular weight is 344 g/mol. The highest BCUT2D eigenvalue weighted by molar-refractivity contribution is 7.16. The molecule has 24 heavy (non-hydrogen) atoms. The van der Waals surface area contributed by atoms with Gasteiger partial charge in [-0.25, -0.2) is 0 Å². The summed E-state index contributed by atoms with van der Waals surface area (Å²) >= 11 is 1.61. The molecule has 2 N–H and O–H groups in total. The van der Waals surface area contributed by atoms with E-state index in [4.69, 9.17) is 0 Å². The van der Waals surface area contributed by atoms with Gasteiger partial charge >= 0.3 is 0 Å². The summed E-state index contributed by atoms with van der Waals surface area (Å²) in [4.78, 5) is 26.6. The molecule has 124 valence electrons. The van der Waals surface area contributed by atoms with E-state index in [1.165, 1.54) is 17.0 Å². The van der Waals surface area contributed by atoms with Gasteiger partial charge in [0, 0.05) is 35.7 Å². The molecule has 2 aromatic rings. The summed E-state index contributed by atoms with van der Waals surface area (Å²) in [6.07, 6.45) is 0.413. The molecule has 7 nitrogen and oxygen atoms in total. The van der Waals surface area contributed by atoms with Crippen LogP contribution in [0.2, 0.25) is 0 Å². The molecule has 3 heterocycles. The number of nitro groups is 1. The van der Waals surface area contributed by atoms with Crippen LogP contribution >= 0.6 is 11.3 Å². The maximum atomic E-state index is 12.6. The molecule has 1 aromatic carbocycles. The molecule has 0 saturated heterocycles. The second kappa shape index (κ2) is 5.57. The van der Waals surface area contributed by atoms with Crippen molar-refractivity contribution in [3.05, 3.63) is 55.9 Å². The summed E-state index contributed by atoms with van der Waals surface area (Å²) in [5, 5.41) is 18.1. The van der Waals surface area contributed by atoms with Crippen molar-refractivity contribution in [1.29, 1.82) is 0 Å². The summed E-state index contributed by atoms with van der Waals surface area (Å²) in [6.45, 7) is 1.79. The van der Waals surface area contributed by atoms with Crippen molar-refractivity contribution in [3.63, 3.8) is 0 Å². The Morgan fingerprint density at radius 1 is 1.38 bits per heavy atom. The normalized spacial score (nSPS) is 19.9. The second-order valence-corrected chi connectivity index (χ2v) is 7.20. The van der Waals surface area contributed by atoms with Crippen LogP contribution in [0.5, 0.6) is 0 Å². The number of carbonyl (C=O) groups excluding carboxylic acids is 1. The Hall–Kier alpha value is -2.45. The summed E-state index contributed by atoms with van der Waals surface area (Å²) in [5.74, 6) is -0.109. The number of non-ortho nitro benzene ring substituents is 1. The van der Waals surface area contributed by atoms with Crippen molar-refractivity contribution >= 4 is 27.9 Å². The van der Waals surface area contributed by atoms with E-state index in [1.54, 1.807) is 23.5 Å². The van der Waals surface area contributed by atoms with Crippen LogP contribution < -0.4 is 10.6 Å². The SMILES string of the molecule is CN1CCc2c(sc3c2C(=O)NC(c2cccc([N+](=O)[O-])c2)N3)C1. The number of rotatable bonds is 2. The lowest BCUT2D eigenvalue weighted by molar-refractivity contribution is -0.384. The molecule has 0 aliphatic carbocycles. The fraction of sp³-hybridized carbons (Fsp3) is 0.312.